The van der Waals surface area contributed by atoms with Crippen LogP contribution in [0, 0.1) is 20.8 Å². The molecule has 3 rings (SSSR count). The Morgan fingerprint density at radius 1 is 0.758 bits per heavy atom. The summed E-state index contributed by atoms with van der Waals surface area (Å²) in [5, 5.41) is 0.0273. The van der Waals surface area contributed by atoms with Crippen LogP contribution < -0.4 is 19.5 Å². The SMILES string of the molecule is COc1cc(OC)c([P+](=O)C(=O)c2c(C)cc(C)cc2C)c(OC)c1C(=O)c1ccccc1. The summed E-state index contributed by atoms with van der Waals surface area (Å²) in [6.07, 6.45) is 0. The summed E-state index contributed by atoms with van der Waals surface area (Å²) in [7, 11) is 1.49. The van der Waals surface area contributed by atoms with Gasteiger partial charge in [-0.2, -0.15) is 0 Å². The third kappa shape index (κ3) is 4.53. The van der Waals surface area contributed by atoms with Crippen LogP contribution >= 0.6 is 7.80 Å². The summed E-state index contributed by atoms with van der Waals surface area (Å²) in [6, 6.07) is 13.8. The predicted octanol–water partition coefficient (Wildman–Crippen LogP) is 5.16. The van der Waals surface area contributed by atoms with Crippen LogP contribution in [0.5, 0.6) is 17.2 Å². The average molecular weight is 465 g/mol. The number of aryl methyl sites for hydroxylation is 3. The van der Waals surface area contributed by atoms with Crippen LogP contribution in [0.1, 0.15) is 43.0 Å². The van der Waals surface area contributed by atoms with E-state index in [-0.39, 0.29) is 33.9 Å². The van der Waals surface area contributed by atoms with Crippen LogP contribution in [0.2, 0.25) is 0 Å². The molecule has 0 N–H and O–H groups in total. The molecule has 1 atom stereocenters. The van der Waals surface area contributed by atoms with Gasteiger partial charge in [0.15, 0.2) is 11.5 Å². The number of methoxy groups -OCH3 is 3. The number of hydrogen-bond acceptors (Lipinski definition) is 6. The van der Waals surface area contributed by atoms with Crippen LogP contribution in [-0.4, -0.2) is 32.6 Å². The van der Waals surface area contributed by atoms with Gasteiger partial charge in [-0.15, -0.1) is 0 Å². The van der Waals surface area contributed by atoms with Crippen LogP contribution in [0.25, 0.3) is 0 Å². The quantitative estimate of drug-likeness (QED) is 0.338. The lowest BCUT2D eigenvalue weighted by atomic mass is 10.0. The van der Waals surface area contributed by atoms with Crippen LogP contribution in [0.4, 0.5) is 0 Å². The lowest BCUT2D eigenvalue weighted by Gasteiger charge is -2.15. The van der Waals surface area contributed by atoms with Gasteiger partial charge in [0.1, 0.15) is 11.3 Å². The molecule has 1 unspecified atom stereocenters. The molecule has 0 aliphatic carbocycles. The van der Waals surface area contributed by atoms with Gasteiger partial charge in [-0.1, -0.05) is 52.6 Å². The molecule has 0 radical (unpaired) electrons. The number of rotatable bonds is 8. The van der Waals surface area contributed by atoms with Crippen molar-refractivity contribution in [1.29, 1.82) is 0 Å². The zero-order chi connectivity index (χ0) is 24.3. The van der Waals surface area contributed by atoms with E-state index in [0.717, 1.165) is 16.7 Å². The first kappa shape index (κ1) is 24.1. The summed E-state index contributed by atoms with van der Waals surface area (Å²) in [6.45, 7) is 5.55. The average Bonchev–Trinajstić information content (AvgIpc) is 2.81. The molecule has 0 bridgehead atoms. The minimum atomic E-state index is -2.68. The van der Waals surface area contributed by atoms with Gasteiger partial charge in [0.05, 0.1) is 26.9 Å². The van der Waals surface area contributed by atoms with E-state index in [0.29, 0.717) is 11.1 Å². The first-order valence-corrected chi connectivity index (χ1v) is 11.5. The Balaban J connectivity index is 2.26. The van der Waals surface area contributed by atoms with Crippen LogP contribution in [0.15, 0.2) is 48.5 Å². The van der Waals surface area contributed by atoms with E-state index in [2.05, 4.69) is 0 Å². The van der Waals surface area contributed by atoms with Gasteiger partial charge in [0, 0.05) is 11.6 Å². The molecule has 0 fully saturated rings. The molecule has 170 valence electrons. The molecular weight excluding hydrogens is 439 g/mol. The topological polar surface area (TPSA) is 78.9 Å². The monoisotopic (exact) mass is 465 g/mol. The predicted molar refractivity (Wildman–Crippen MR) is 128 cm³/mol. The first-order valence-electron chi connectivity index (χ1n) is 10.3. The van der Waals surface area contributed by atoms with Crippen LogP contribution in [-0.2, 0) is 4.57 Å². The Bertz CT molecular complexity index is 1220. The summed E-state index contributed by atoms with van der Waals surface area (Å²) < 4.78 is 30.2. The summed E-state index contributed by atoms with van der Waals surface area (Å²) in [5.74, 6) is -0.0475. The molecule has 0 aliphatic heterocycles. The first-order chi connectivity index (χ1) is 15.7. The Morgan fingerprint density at radius 2 is 1.33 bits per heavy atom. The molecule has 0 amide bonds. The third-order valence-corrected chi connectivity index (χ3v) is 6.79. The molecular formula is C26H26O6P+. The fourth-order valence-corrected chi connectivity index (χ4v) is 5.48. The van der Waals surface area contributed by atoms with E-state index < -0.39 is 13.3 Å². The van der Waals surface area contributed by atoms with Crippen molar-refractivity contribution in [2.75, 3.05) is 21.3 Å². The Kier molecular flexibility index (Phi) is 7.29. The van der Waals surface area contributed by atoms with Crippen molar-refractivity contribution in [3.63, 3.8) is 0 Å². The number of carbonyl (C=O) groups is 2. The van der Waals surface area contributed by atoms with Crippen molar-refractivity contribution >= 4 is 24.4 Å². The van der Waals surface area contributed by atoms with E-state index in [1.165, 1.54) is 27.4 Å². The molecule has 0 aliphatic rings. The van der Waals surface area contributed by atoms with E-state index in [1.54, 1.807) is 30.3 Å². The van der Waals surface area contributed by atoms with Crippen molar-refractivity contribution in [2.24, 2.45) is 0 Å². The minimum absolute atomic E-state index is 0.00284. The summed E-state index contributed by atoms with van der Waals surface area (Å²) in [5.41, 5.74) is 2.78. The van der Waals surface area contributed by atoms with Gasteiger partial charge >= 0.3 is 13.3 Å². The molecule has 33 heavy (non-hydrogen) atoms. The number of ether oxygens (including phenoxy) is 3. The maximum atomic E-state index is 13.7. The highest BCUT2D eigenvalue weighted by atomic mass is 31.1. The number of benzene rings is 3. The molecule has 0 spiro atoms. The van der Waals surface area contributed by atoms with Crippen LogP contribution in [0.3, 0.4) is 0 Å². The maximum absolute atomic E-state index is 13.7. The largest absolute Gasteiger partial charge is 0.496 e. The van der Waals surface area contributed by atoms with Gasteiger partial charge in [-0.25, -0.2) is 4.79 Å². The van der Waals surface area contributed by atoms with E-state index in [4.69, 9.17) is 14.2 Å². The zero-order valence-corrected chi connectivity index (χ0v) is 20.4. The van der Waals surface area contributed by atoms with Gasteiger partial charge in [0.2, 0.25) is 5.78 Å². The highest BCUT2D eigenvalue weighted by Crippen LogP contribution is 2.43. The molecule has 6 nitrogen and oxygen atoms in total. The Labute approximate surface area is 194 Å². The summed E-state index contributed by atoms with van der Waals surface area (Å²) in [4.78, 5) is 26.8. The smallest absolute Gasteiger partial charge is 0.466 e. The van der Waals surface area contributed by atoms with E-state index >= 15 is 0 Å². The second kappa shape index (κ2) is 9.97. The molecule has 3 aromatic rings. The third-order valence-electron chi connectivity index (χ3n) is 5.37. The van der Waals surface area contributed by atoms with E-state index in [1.807, 2.05) is 32.9 Å². The molecule has 0 saturated heterocycles. The highest BCUT2D eigenvalue weighted by molar-refractivity contribution is 7.72. The normalized spacial score (nSPS) is 11.0. The number of hydrogen-bond donors (Lipinski definition) is 0. The maximum Gasteiger partial charge on any atom is 0.466 e. The fourth-order valence-electron chi connectivity index (χ4n) is 3.98. The van der Waals surface area contributed by atoms with Gasteiger partial charge in [-0.3, -0.25) is 4.79 Å². The van der Waals surface area contributed by atoms with Crippen molar-refractivity contribution in [1.82, 2.24) is 0 Å². The summed E-state index contributed by atoms with van der Waals surface area (Å²) >= 11 is 0. The minimum Gasteiger partial charge on any atom is -0.496 e. The fraction of sp³-hybridized carbons (Fsp3) is 0.231. The molecule has 0 saturated carbocycles. The Hall–Kier alpha value is -3.50. The standard InChI is InChI=1S/C26H26O6P/c1-15-12-16(2)21(17(3)13-15)26(28)33(29)25-20(31-5)14-19(30-4)22(24(25)32-6)23(27)18-10-8-7-9-11-18/h7-14H,1-6H3/q+1. The highest BCUT2D eigenvalue weighted by Gasteiger charge is 2.43. The second-order valence-electron chi connectivity index (χ2n) is 7.61. The van der Waals surface area contributed by atoms with Crippen molar-refractivity contribution in [3.8, 4) is 17.2 Å². The molecule has 3 aromatic carbocycles. The van der Waals surface area contributed by atoms with Gasteiger partial charge in [0.25, 0.3) is 5.30 Å². The second-order valence-corrected chi connectivity index (χ2v) is 9.05. The molecule has 7 heteroatoms. The van der Waals surface area contributed by atoms with Gasteiger partial charge < -0.3 is 14.2 Å². The molecule has 0 heterocycles. The van der Waals surface area contributed by atoms with Gasteiger partial charge in [-0.05, 0) is 31.9 Å². The van der Waals surface area contributed by atoms with Crippen molar-refractivity contribution < 1.29 is 28.4 Å². The zero-order valence-electron chi connectivity index (χ0n) is 19.5. The van der Waals surface area contributed by atoms with E-state index in [9.17, 15) is 14.2 Å². The van der Waals surface area contributed by atoms with Crippen molar-refractivity contribution in [2.45, 2.75) is 20.8 Å². The number of carbonyl (C=O) groups excluding carboxylic acids is 2. The lowest BCUT2D eigenvalue weighted by molar-refractivity contribution is 0.103. The Morgan fingerprint density at radius 3 is 1.85 bits per heavy atom. The number of ketones is 1. The lowest BCUT2D eigenvalue weighted by Crippen LogP contribution is -2.17. The van der Waals surface area contributed by atoms with Crippen molar-refractivity contribution in [3.05, 3.63) is 81.9 Å². The molecule has 0 aromatic heterocycles.